The Morgan fingerprint density at radius 2 is 1.69 bits per heavy atom. The zero-order valence-electron chi connectivity index (χ0n) is 20.7. The van der Waals surface area contributed by atoms with E-state index in [4.69, 9.17) is 11.6 Å². The summed E-state index contributed by atoms with van der Waals surface area (Å²) < 4.78 is 69.3. The molecular weight excluding hydrogens is 623 g/mol. The van der Waals surface area contributed by atoms with Gasteiger partial charge in [0.25, 0.3) is 10.0 Å². The van der Waals surface area contributed by atoms with E-state index < -0.39 is 51.9 Å². The number of hydrogen-bond acceptors (Lipinski definition) is 4. The number of carbonyl (C=O) groups is 2. The molecule has 0 aliphatic rings. The molecular formula is C26H24BrClF3N3O4S. The van der Waals surface area contributed by atoms with Crippen LogP contribution >= 0.6 is 27.5 Å². The average molecular weight is 647 g/mol. The van der Waals surface area contributed by atoms with Crippen LogP contribution in [0.5, 0.6) is 0 Å². The summed E-state index contributed by atoms with van der Waals surface area (Å²) in [5, 5.41) is 2.14. The summed E-state index contributed by atoms with van der Waals surface area (Å²) in [6.45, 7) is 0.456. The predicted octanol–water partition coefficient (Wildman–Crippen LogP) is 5.48. The van der Waals surface area contributed by atoms with Crippen LogP contribution in [-0.4, -0.2) is 44.8 Å². The number of nitrogens with zero attached hydrogens (tertiary/aromatic N) is 2. The van der Waals surface area contributed by atoms with Crippen molar-refractivity contribution in [2.45, 2.75) is 30.6 Å². The Morgan fingerprint density at radius 1 is 1.03 bits per heavy atom. The quantitative estimate of drug-likeness (QED) is 0.334. The standard InChI is InChI=1S/C26H24BrClF3N3O4S/c1-17(25(36)32-2)33(15-18-7-6-8-20(27)13-18)24(35)16-34(39(37,38)21-9-4-3-5-10-21)23-14-19(26(29,30)31)11-12-22(23)28/h3-14,17H,15-16H2,1-2H3,(H,32,36)/t17-/m0/s1. The fourth-order valence-corrected chi connectivity index (χ4v) is 5.90. The van der Waals surface area contributed by atoms with Crippen LogP contribution in [0.2, 0.25) is 5.02 Å². The van der Waals surface area contributed by atoms with E-state index >= 15 is 0 Å². The van der Waals surface area contributed by atoms with Gasteiger partial charge in [-0.1, -0.05) is 57.9 Å². The highest BCUT2D eigenvalue weighted by atomic mass is 79.9. The van der Waals surface area contributed by atoms with Crippen molar-refractivity contribution in [3.63, 3.8) is 0 Å². The fourth-order valence-electron chi connectivity index (χ4n) is 3.74. The van der Waals surface area contributed by atoms with Crippen molar-refractivity contribution in [1.82, 2.24) is 10.2 Å². The van der Waals surface area contributed by atoms with Gasteiger partial charge >= 0.3 is 6.18 Å². The number of hydrogen-bond donors (Lipinski definition) is 1. The van der Waals surface area contributed by atoms with Crippen molar-refractivity contribution in [1.29, 1.82) is 0 Å². The summed E-state index contributed by atoms with van der Waals surface area (Å²) in [6.07, 6.45) is -4.80. The number of carbonyl (C=O) groups excluding carboxylic acids is 2. The number of anilines is 1. The van der Waals surface area contributed by atoms with Crippen LogP contribution in [0, 0.1) is 0 Å². The van der Waals surface area contributed by atoms with Crippen molar-refractivity contribution in [3.8, 4) is 0 Å². The summed E-state index contributed by atoms with van der Waals surface area (Å²) in [7, 11) is -3.19. The largest absolute Gasteiger partial charge is 0.416 e. The summed E-state index contributed by atoms with van der Waals surface area (Å²) >= 11 is 9.56. The summed E-state index contributed by atoms with van der Waals surface area (Å²) in [6, 6.07) is 15.0. The molecule has 0 unspecified atom stereocenters. The van der Waals surface area contributed by atoms with Gasteiger partial charge in [0.1, 0.15) is 12.6 Å². The van der Waals surface area contributed by atoms with Gasteiger partial charge in [0.15, 0.2) is 0 Å². The van der Waals surface area contributed by atoms with Gasteiger partial charge in [-0.2, -0.15) is 13.2 Å². The zero-order chi connectivity index (χ0) is 29.0. The predicted molar refractivity (Wildman–Crippen MR) is 146 cm³/mol. The number of sulfonamides is 1. The van der Waals surface area contributed by atoms with Gasteiger partial charge < -0.3 is 10.2 Å². The first-order valence-corrected chi connectivity index (χ1v) is 14.1. The molecule has 208 valence electrons. The lowest BCUT2D eigenvalue weighted by Gasteiger charge is -2.32. The monoisotopic (exact) mass is 645 g/mol. The normalized spacial score (nSPS) is 12.5. The van der Waals surface area contributed by atoms with E-state index in [1.54, 1.807) is 30.3 Å². The molecule has 0 fully saturated rings. The van der Waals surface area contributed by atoms with E-state index in [-0.39, 0.29) is 16.5 Å². The molecule has 39 heavy (non-hydrogen) atoms. The minimum Gasteiger partial charge on any atom is -0.357 e. The van der Waals surface area contributed by atoms with Crippen LogP contribution in [-0.2, 0) is 32.3 Å². The Balaban J connectivity index is 2.13. The van der Waals surface area contributed by atoms with Crippen LogP contribution in [0.4, 0.5) is 18.9 Å². The van der Waals surface area contributed by atoms with Crippen LogP contribution < -0.4 is 9.62 Å². The van der Waals surface area contributed by atoms with Gasteiger partial charge in [0, 0.05) is 18.1 Å². The summed E-state index contributed by atoms with van der Waals surface area (Å²) in [4.78, 5) is 27.1. The number of likely N-dealkylation sites (N-methyl/N-ethyl adjacent to an activating group) is 1. The Bertz CT molecular complexity index is 1460. The molecule has 0 aromatic heterocycles. The van der Waals surface area contributed by atoms with Crippen molar-refractivity contribution in [2.24, 2.45) is 0 Å². The number of amides is 2. The Labute approximate surface area is 237 Å². The molecule has 3 rings (SSSR count). The van der Waals surface area contributed by atoms with E-state index in [9.17, 15) is 31.2 Å². The van der Waals surface area contributed by atoms with E-state index in [0.717, 1.165) is 11.0 Å². The molecule has 0 aliphatic heterocycles. The first-order valence-electron chi connectivity index (χ1n) is 11.5. The van der Waals surface area contributed by atoms with E-state index in [1.807, 2.05) is 0 Å². The molecule has 0 bridgehead atoms. The van der Waals surface area contributed by atoms with Crippen LogP contribution in [0.15, 0.2) is 82.2 Å². The third kappa shape index (κ3) is 7.31. The van der Waals surface area contributed by atoms with Crippen LogP contribution in [0.1, 0.15) is 18.1 Å². The lowest BCUT2D eigenvalue weighted by molar-refractivity contribution is -0.139. The topological polar surface area (TPSA) is 86.8 Å². The van der Waals surface area contributed by atoms with Crippen LogP contribution in [0.25, 0.3) is 0 Å². The number of alkyl halides is 3. The Kier molecular flexibility index (Phi) is 9.68. The molecule has 0 radical (unpaired) electrons. The van der Waals surface area contributed by atoms with Crippen molar-refractivity contribution in [2.75, 3.05) is 17.9 Å². The number of halogens is 5. The first kappa shape index (κ1) is 30.5. The molecule has 0 saturated heterocycles. The smallest absolute Gasteiger partial charge is 0.357 e. The molecule has 2 amide bonds. The van der Waals surface area contributed by atoms with Crippen molar-refractivity contribution in [3.05, 3.63) is 93.4 Å². The second-order valence-corrected chi connectivity index (χ2v) is 11.6. The molecule has 0 heterocycles. The fraction of sp³-hybridized carbons (Fsp3) is 0.231. The highest BCUT2D eigenvalue weighted by molar-refractivity contribution is 9.10. The van der Waals surface area contributed by atoms with E-state index in [2.05, 4.69) is 21.2 Å². The van der Waals surface area contributed by atoms with Gasteiger partial charge in [-0.3, -0.25) is 13.9 Å². The van der Waals surface area contributed by atoms with Gasteiger partial charge in [-0.05, 0) is 55.0 Å². The molecule has 0 aliphatic carbocycles. The molecule has 7 nitrogen and oxygen atoms in total. The molecule has 1 atom stereocenters. The number of rotatable bonds is 9. The maximum absolute atomic E-state index is 13.7. The second-order valence-electron chi connectivity index (χ2n) is 8.43. The lowest BCUT2D eigenvalue weighted by Crippen LogP contribution is -2.50. The van der Waals surface area contributed by atoms with Crippen molar-refractivity contribution < 1.29 is 31.2 Å². The minimum atomic E-state index is -4.80. The maximum atomic E-state index is 13.7. The Morgan fingerprint density at radius 3 is 2.28 bits per heavy atom. The zero-order valence-corrected chi connectivity index (χ0v) is 23.9. The maximum Gasteiger partial charge on any atom is 0.416 e. The second kappa shape index (κ2) is 12.4. The van der Waals surface area contributed by atoms with Crippen LogP contribution in [0.3, 0.4) is 0 Å². The minimum absolute atomic E-state index is 0.0809. The van der Waals surface area contributed by atoms with E-state index in [0.29, 0.717) is 26.5 Å². The highest BCUT2D eigenvalue weighted by Crippen LogP contribution is 2.37. The third-order valence-corrected chi connectivity index (χ3v) is 8.39. The highest BCUT2D eigenvalue weighted by Gasteiger charge is 2.36. The Hall–Kier alpha value is -3.09. The van der Waals surface area contributed by atoms with Gasteiger partial charge in [-0.15, -0.1) is 0 Å². The lowest BCUT2D eigenvalue weighted by atomic mass is 10.1. The van der Waals surface area contributed by atoms with Gasteiger partial charge in [0.05, 0.1) is 21.2 Å². The average Bonchev–Trinajstić information content (AvgIpc) is 2.89. The van der Waals surface area contributed by atoms with E-state index in [1.165, 1.54) is 38.2 Å². The summed E-state index contributed by atoms with van der Waals surface area (Å²) in [5.74, 6) is -1.35. The SMILES string of the molecule is CNC(=O)[C@H](C)N(Cc1cccc(Br)c1)C(=O)CN(c1cc(C(F)(F)F)ccc1Cl)S(=O)(=O)c1ccccc1. The molecule has 13 heteroatoms. The molecule has 1 N–H and O–H groups in total. The molecule has 0 saturated carbocycles. The number of benzene rings is 3. The van der Waals surface area contributed by atoms with Crippen molar-refractivity contribution >= 4 is 55.1 Å². The number of nitrogens with one attached hydrogen (secondary N) is 1. The third-order valence-electron chi connectivity index (χ3n) is 5.81. The van der Waals surface area contributed by atoms with Gasteiger partial charge in [-0.25, -0.2) is 8.42 Å². The molecule has 0 spiro atoms. The first-order chi connectivity index (χ1) is 18.3. The summed E-state index contributed by atoms with van der Waals surface area (Å²) in [5.41, 5.74) is -1.05. The molecule has 3 aromatic rings. The van der Waals surface area contributed by atoms with Gasteiger partial charge in [0.2, 0.25) is 11.8 Å². The molecule has 3 aromatic carbocycles.